The third-order valence-corrected chi connectivity index (χ3v) is 4.80. The SMILES string of the molecule is Cn1ccc2ccc(C(=O)NC[C@@H](CO)Cc3ccsc3)cc21. The smallest absolute Gasteiger partial charge is 0.251 e. The van der Waals surface area contributed by atoms with Gasteiger partial charge in [0.1, 0.15) is 0 Å². The molecule has 3 aromatic rings. The lowest BCUT2D eigenvalue weighted by Gasteiger charge is -2.14. The summed E-state index contributed by atoms with van der Waals surface area (Å²) >= 11 is 1.65. The lowest BCUT2D eigenvalue weighted by Crippen LogP contribution is -2.31. The monoisotopic (exact) mass is 328 g/mol. The number of thiophene rings is 1. The molecule has 2 heterocycles. The highest BCUT2D eigenvalue weighted by atomic mass is 32.1. The predicted octanol–water partition coefficient (Wildman–Crippen LogP) is 2.82. The maximum Gasteiger partial charge on any atom is 0.251 e. The molecule has 0 aliphatic heterocycles. The number of amides is 1. The molecule has 120 valence electrons. The average Bonchev–Trinajstić information content (AvgIpc) is 3.21. The Balaban J connectivity index is 1.64. The van der Waals surface area contributed by atoms with Gasteiger partial charge in [-0.1, -0.05) is 6.07 Å². The Labute approximate surface area is 139 Å². The highest BCUT2D eigenvalue weighted by Crippen LogP contribution is 2.17. The lowest BCUT2D eigenvalue weighted by molar-refractivity contribution is 0.0940. The van der Waals surface area contributed by atoms with E-state index in [1.165, 1.54) is 5.56 Å². The summed E-state index contributed by atoms with van der Waals surface area (Å²) in [5.74, 6) is -0.0656. The Morgan fingerprint density at radius 3 is 2.96 bits per heavy atom. The van der Waals surface area contributed by atoms with Crippen molar-refractivity contribution in [3.05, 3.63) is 58.4 Å². The summed E-state index contributed by atoms with van der Waals surface area (Å²) in [6.07, 6.45) is 2.76. The van der Waals surface area contributed by atoms with Crippen LogP contribution >= 0.6 is 11.3 Å². The van der Waals surface area contributed by atoms with Crippen molar-refractivity contribution in [2.45, 2.75) is 6.42 Å². The van der Waals surface area contributed by atoms with Crippen molar-refractivity contribution in [1.82, 2.24) is 9.88 Å². The largest absolute Gasteiger partial charge is 0.396 e. The summed E-state index contributed by atoms with van der Waals surface area (Å²) < 4.78 is 2.00. The first-order valence-corrected chi connectivity index (χ1v) is 8.57. The summed E-state index contributed by atoms with van der Waals surface area (Å²) in [6, 6.07) is 9.78. The van der Waals surface area contributed by atoms with Crippen molar-refractivity contribution in [1.29, 1.82) is 0 Å². The molecule has 1 amide bonds. The van der Waals surface area contributed by atoms with E-state index in [0.717, 1.165) is 17.3 Å². The number of aliphatic hydroxyl groups is 1. The van der Waals surface area contributed by atoms with Gasteiger partial charge in [0.15, 0.2) is 0 Å². The average molecular weight is 328 g/mol. The highest BCUT2D eigenvalue weighted by Gasteiger charge is 2.13. The fourth-order valence-corrected chi connectivity index (χ4v) is 3.37. The van der Waals surface area contributed by atoms with Crippen molar-refractivity contribution < 1.29 is 9.90 Å². The summed E-state index contributed by atoms with van der Waals surface area (Å²) in [7, 11) is 1.96. The fraction of sp³-hybridized carbons (Fsp3) is 0.278. The minimum atomic E-state index is -0.100. The van der Waals surface area contributed by atoms with Crippen LogP contribution < -0.4 is 5.32 Å². The van der Waals surface area contributed by atoms with Crippen LogP contribution in [0.5, 0.6) is 0 Å². The standard InChI is InChI=1S/C18H20N2O2S/c1-20-6-4-15-2-3-16(9-17(15)20)18(22)19-10-14(11-21)8-13-5-7-23-12-13/h2-7,9,12,14,21H,8,10-11H2,1H3,(H,19,22)/t14-/m0/s1. The van der Waals surface area contributed by atoms with Gasteiger partial charge in [0.2, 0.25) is 0 Å². The predicted molar refractivity (Wildman–Crippen MR) is 93.9 cm³/mol. The zero-order valence-corrected chi connectivity index (χ0v) is 13.8. The van der Waals surface area contributed by atoms with Crippen LogP contribution in [0.3, 0.4) is 0 Å². The van der Waals surface area contributed by atoms with Crippen molar-refractivity contribution >= 4 is 28.1 Å². The van der Waals surface area contributed by atoms with E-state index in [1.54, 1.807) is 11.3 Å². The van der Waals surface area contributed by atoms with Crippen LogP contribution in [0.15, 0.2) is 47.3 Å². The molecule has 0 radical (unpaired) electrons. The summed E-state index contributed by atoms with van der Waals surface area (Å²) in [6.45, 7) is 0.531. The molecule has 3 rings (SSSR count). The number of carbonyl (C=O) groups is 1. The van der Waals surface area contributed by atoms with Gasteiger partial charge in [-0.3, -0.25) is 4.79 Å². The second kappa shape index (κ2) is 6.98. The second-order valence-electron chi connectivity index (χ2n) is 5.79. The number of benzene rings is 1. The molecule has 1 aromatic carbocycles. The van der Waals surface area contributed by atoms with Crippen LogP contribution in [0.1, 0.15) is 15.9 Å². The van der Waals surface area contributed by atoms with Crippen molar-refractivity contribution in [2.24, 2.45) is 13.0 Å². The van der Waals surface area contributed by atoms with Crippen LogP contribution in [-0.4, -0.2) is 28.7 Å². The number of hydrogen-bond donors (Lipinski definition) is 2. The van der Waals surface area contributed by atoms with Crippen LogP contribution in [-0.2, 0) is 13.5 Å². The molecular weight excluding hydrogens is 308 g/mol. The first-order valence-electron chi connectivity index (χ1n) is 7.62. The van der Waals surface area contributed by atoms with E-state index in [4.69, 9.17) is 0 Å². The second-order valence-corrected chi connectivity index (χ2v) is 6.57. The molecule has 1 atom stereocenters. The van der Waals surface area contributed by atoms with E-state index in [9.17, 15) is 9.90 Å². The molecule has 2 aromatic heterocycles. The molecule has 0 fully saturated rings. The van der Waals surface area contributed by atoms with Gasteiger partial charge in [0, 0.05) is 43.4 Å². The molecule has 4 nitrogen and oxygen atoms in total. The molecule has 0 unspecified atom stereocenters. The number of carbonyl (C=O) groups excluding carboxylic acids is 1. The molecule has 0 saturated carbocycles. The first kappa shape index (κ1) is 15.8. The van der Waals surface area contributed by atoms with Crippen LogP contribution in [0.25, 0.3) is 10.9 Å². The third-order valence-electron chi connectivity index (χ3n) is 4.06. The van der Waals surface area contributed by atoms with E-state index in [0.29, 0.717) is 12.1 Å². The number of aryl methyl sites for hydroxylation is 1. The number of rotatable bonds is 6. The van der Waals surface area contributed by atoms with E-state index in [-0.39, 0.29) is 18.4 Å². The Morgan fingerprint density at radius 2 is 2.22 bits per heavy atom. The van der Waals surface area contributed by atoms with Gasteiger partial charge < -0.3 is 15.0 Å². The highest BCUT2D eigenvalue weighted by molar-refractivity contribution is 7.07. The van der Waals surface area contributed by atoms with Gasteiger partial charge in [-0.05, 0) is 52.4 Å². The van der Waals surface area contributed by atoms with Gasteiger partial charge in [-0.2, -0.15) is 11.3 Å². The molecule has 0 aliphatic carbocycles. The molecular formula is C18H20N2O2S. The summed E-state index contributed by atoms with van der Waals surface area (Å²) in [4.78, 5) is 12.3. The van der Waals surface area contributed by atoms with E-state index in [1.807, 2.05) is 47.5 Å². The number of aliphatic hydroxyl groups excluding tert-OH is 1. The van der Waals surface area contributed by atoms with E-state index >= 15 is 0 Å². The Morgan fingerprint density at radius 1 is 1.35 bits per heavy atom. The lowest BCUT2D eigenvalue weighted by atomic mass is 10.0. The topological polar surface area (TPSA) is 54.3 Å². The molecule has 0 spiro atoms. The van der Waals surface area contributed by atoms with Crippen molar-refractivity contribution in [2.75, 3.05) is 13.2 Å². The quantitative estimate of drug-likeness (QED) is 0.731. The van der Waals surface area contributed by atoms with Gasteiger partial charge in [0.05, 0.1) is 0 Å². The number of nitrogens with one attached hydrogen (secondary N) is 1. The zero-order chi connectivity index (χ0) is 16.2. The first-order chi connectivity index (χ1) is 11.2. The summed E-state index contributed by atoms with van der Waals surface area (Å²) in [5.41, 5.74) is 2.88. The number of hydrogen-bond acceptors (Lipinski definition) is 3. The molecule has 0 aliphatic rings. The fourth-order valence-electron chi connectivity index (χ4n) is 2.69. The van der Waals surface area contributed by atoms with Gasteiger partial charge in [-0.15, -0.1) is 0 Å². The normalized spacial score (nSPS) is 12.4. The molecule has 0 saturated heterocycles. The molecule has 23 heavy (non-hydrogen) atoms. The Bertz CT molecular complexity index is 793. The molecule has 5 heteroatoms. The van der Waals surface area contributed by atoms with E-state index in [2.05, 4.69) is 16.8 Å². The number of fused-ring (bicyclic) bond motifs is 1. The zero-order valence-electron chi connectivity index (χ0n) is 13.0. The van der Waals surface area contributed by atoms with Crippen molar-refractivity contribution in [3.8, 4) is 0 Å². The molecule has 0 bridgehead atoms. The van der Waals surface area contributed by atoms with E-state index < -0.39 is 0 Å². The Kier molecular flexibility index (Phi) is 4.79. The van der Waals surface area contributed by atoms with Crippen LogP contribution in [0, 0.1) is 5.92 Å². The minimum Gasteiger partial charge on any atom is -0.396 e. The minimum absolute atomic E-state index is 0.0346. The van der Waals surface area contributed by atoms with Gasteiger partial charge in [0.25, 0.3) is 5.91 Å². The third kappa shape index (κ3) is 3.63. The summed E-state index contributed by atoms with van der Waals surface area (Å²) in [5, 5.41) is 17.7. The van der Waals surface area contributed by atoms with Crippen LogP contribution in [0.4, 0.5) is 0 Å². The van der Waals surface area contributed by atoms with Gasteiger partial charge >= 0.3 is 0 Å². The number of nitrogens with zero attached hydrogens (tertiary/aromatic N) is 1. The Hall–Kier alpha value is -2.11. The molecule has 2 N–H and O–H groups in total. The maximum atomic E-state index is 12.3. The number of aromatic nitrogens is 1. The van der Waals surface area contributed by atoms with Crippen LogP contribution in [0.2, 0.25) is 0 Å². The van der Waals surface area contributed by atoms with Crippen molar-refractivity contribution in [3.63, 3.8) is 0 Å². The maximum absolute atomic E-state index is 12.3. The van der Waals surface area contributed by atoms with Gasteiger partial charge in [-0.25, -0.2) is 0 Å².